The molecule has 0 bridgehead atoms. The van der Waals surface area contributed by atoms with Crippen LogP contribution >= 0.6 is 0 Å². The molecule has 1 fully saturated rings. The third-order valence-corrected chi connectivity index (χ3v) is 4.47. The van der Waals surface area contributed by atoms with Gasteiger partial charge in [-0.05, 0) is 36.8 Å². The van der Waals surface area contributed by atoms with Gasteiger partial charge < -0.3 is 10.0 Å². The molecule has 1 aromatic carbocycles. The third kappa shape index (κ3) is 2.44. The van der Waals surface area contributed by atoms with Gasteiger partial charge in [-0.2, -0.15) is 0 Å². The Balaban J connectivity index is 2.36. The Morgan fingerprint density at radius 3 is 2.63 bits per heavy atom. The van der Waals surface area contributed by atoms with Crippen LogP contribution in [0.25, 0.3) is 0 Å². The highest BCUT2D eigenvalue weighted by molar-refractivity contribution is 5.94. The minimum Gasteiger partial charge on any atom is -0.478 e. The summed E-state index contributed by atoms with van der Waals surface area (Å²) in [4.78, 5) is 13.1. The van der Waals surface area contributed by atoms with Crippen molar-refractivity contribution in [3.63, 3.8) is 0 Å². The molecule has 1 N–H and O–H groups in total. The van der Waals surface area contributed by atoms with Crippen molar-refractivity contribution in [2.45, 2.75) is 33.1 Å². The van der Waals surface area contributed by atoms with Crippen LogP contribution in [0.4, 0.5) is 10.1 Å². The number of carbonyl (C=O) groups is 1. The number of carboxylic acid groups (broad SMARTS) is 1. The summed E-state index contributed by atoms with van der Waals surface area (Å²) < 4.78 is 14.0. The molecule has 1 aliphatic heterocycles. The molecule has 0 unspecified atom stereocenters. The van der Waals surface area contributed by atoms with Crippen LogP contribution in [0, 0.1) is 11.2 Å². The second-order valence-electron chi connectivity index (χ2n) is 5.32. The quantitative estimate of drug-likeness (QED) is 0.905. The van der Waals surface area contributed by atoms with Crippen molar-refractivity contribution < 1.29 is 14.3 Å². The van der Waals surface area contributed by atoms with Crippen molar-refractivity contribution in [1.29, 1.82) is 0 Å². The molecular formula is C15H20FNO2. The average molecular weight is 265 g/mol. The SMILES string of the molecule is CCC1(CC)CCN(c2c(F)cccc2C(=O)O)C1. The van der Waals surface area contributed by atoms with Gasteiger partial charge in [0.05, 0.1) is 11.3 Å². The molecule has 0 atom stereocenters. The van der Waals surface area contributed by atoms with Crippen LogP contribution < -0.4 is 4.90 Å². The molecule has 4 heteroatoms. The second kappa shape index (κ2) is 5.19. The number of benzene rings is 1. The van der Waals surface area contributed by atoms with Crippen LogP contribution in [0.3, 0.4) is 0 Å². The van der Waals surface area contributed by atoms with Crippen LogP contribution in [-0.4, -0.2) is 24.2 Å². The number of hydrogen-bond acceptors (Lipinski definition) is 2. The lowest BCUT2D eigenvalue weighted by atomic mass is 9.82. The Morgan fingerprint density at radius 2 is 2.11 bits per heavy atom. The van der Waals surface area contributed by atoms with E-state index in [2.05, 4.69) is 13.8 Å². The maximum absolute atomic E-state index is 14.0. The molecule has 104 valence electrons. The molecule has 0 radical (unpaired) electrons. The molecule has 2 rings (SSSR count). The summed E-state index contributed by atoms with van der Waals surface area (Å²) in [6.45, 7) is 5.75. The molecule has 19 heavy (non-hydrogen) atoms. The molecule has 0 amide bonds. The maximum Gasteiger partial charge on any atom is 0.337 e. The Bertz CT molecular complexity index is 483. The van der Waals surface area contributed by atoms with Crippen LogP contribution in [0.2, 0.25) is 0 Å². The number of aromatic carboxylic acids is 1. The van der Waals surface area contributed by atoms with Gasteiger partial charge >= 0.3 is 5.97 Å². The van der Waals surface area contributed by atoms with Crippen molar-refractivity contribution in [2.75, 3.05) is 18.0 Å². The molecule has 0 aliphatic carbocycles. The fourth-order valence-electron chi connectivity index (χ4n) is 2.96. The molecule has 0 saturated carbocycles. The van der Waals surface area contributed by atoms with Gasteiger partial charge in [-0.3, -0.25) is 0 Å². The van der Waals surface area contributed by atoms with E-state index in [1.807, 2.05) is 4.90 Å². The van der Waals surface area contributed by atoms with E-state index in [9.17, 15) is 14.3 Å². The first-order valence-corrected chi connectivity index (χ1v) is 6.80. The summed E-state index contributed by atoms with van der Waals surface area (Å²) in [7, 11) is 0. The van der Waals surface area contributed by atoms with E-state index < -0.39 is 11.8 Å². The van der Waals surface area contributed by atoms with Gasteiger partial charge in [-0.25, -0.2) is 9.18 Å². The average Bonchev–Trinajstić information content (AvgIpc) is 2.83. The summed E-state index contributed by atoms with van der Waals surface area (Å²) in [5, 5.41) is 9.20. The van der Waals surface area contributed by atoms with Crippen molar-refractivity contribution in [1.82, 2.24) is 0 Å². The Kier molecular flexibility index (Phi) is 3.78. The van der Waals surface area contributed by atoms with Crippen LogP contribution in [0.5, 0.6) is 0 Å². The van der Waals surface area contributed by atoms with Gasteiger partial charge in [0.15, 0.2) is 0 Å². The Labute approximate surface area is 113 Å². The monoisotopic (exact) mass is 265 g/mol. The van der Waals surface area contributed by atoms with Gasteiger partial charge in [0.2, 0.25) is 0 Å². The van der Waals surface area contributed by atoms with Gasteiger partial charge in [0.1, 0.15) is 5.82 Å². The minimum absolute atomic E-state index is 0.0583. The zero-order valence-corrected chi connectivity index (χ0v) is 11.4. The van der Waals surface area contributed by atoms with E-state index in [1.165, 1.54) is 18.2 Å². The smallest absolute Gasteiger partial charge is 0.337 e. The van der Waals surface area contributed by atoms with Gasteiger partial charge in [0.25, 0.3) is 0 Å². The predicted molar refractivity (Wildman–Crippen MR) is 73.2 cm³/mol. The number of nitrogens with zero attached hydrogens (tertiary/aromatic N) is 1. The van der Waals surface area contributed by atoms with Gasteiger partial charge in [-0.15, -0.1) is 0 Å². The molecule has 1 aliphatic rings. The van der Waals surface area contributed by atoms with Gasteiger partial charge in [-0.1, -0.05) is 19.9 Å². The summed E-state index contributed by atoms with van der Waals surface area (Å²) >= 11 is 0. The minimum atomic E-state index is -1.07. The largest absolute Gasteiger partial charge is 0.478 e. The standard InChI is InChI=1S/C15H20FNO2/c1-3-15(4-2)8-9-17(10-15)13-11(14(18)19)6-5-7-12(13)16/h5-7H,3-4,8-10H2,1-2H3,(H,18,19). The molecule has 1 aromatic rings. The van der Waals surface area contributed by atoms with E-state index >= 15 is 0 Å². The molecule has 1 heterocycles. The van der Waals surface area contributed by atoms with Crippen LogP contribution in [0.1, 0.15) is 43.5 Å². The van der Waals surface area contributed by atoms with Crippen molar-refractivity contribution >= 4 is 11.7 Å². The summed E-state index contributed by atoms with van der Waals surface area (Å²) in [5.41, 5.74) is 0.500. The van der Waals surface area contributed by atoms with Crippen molar-refractivity contribution in [3.8, 4) is 0 Å². The molecule has 3 nitrogen and oxygen atoms in total. The lowest BCUT2D eigenvalue weighted by Crippen LogP contribution is -2.28. The third-order valence-electron chi connectivity index (χ3n) is 4.47. The zero-order chi connectivity index (χ0) is 14.0. The van der Waals surface area contributed by atoms with Crippen LogP contribution in [0.15, 0.2) is 18.2 Å². The normalized spacial score (nSPS) is 17.7. The summed E-state index contributed by atoms with van der Waals surface area (Å²) in [6.07, 6.45) is 3.07. The fourth-order valence-corrected chi connectivity index (χ4v) is 2.96. The topological polar surface area (TPSA) is 40.5 Å². The van der Waals surface area contributed by atoms with E-state index in [-0.39, 0.29) is 16.7 Å². The first-order valence-electron chi connectivity index (χ1n) is 6.80. The number of rotatable bonds is 4. The lowest BCUT2D eigenvalue weighted by molar-refractivity contribution is 0.0697. The number of anilines is 1. The van der Waals surface area contributed by atoms with E-state index in [0.29, 0.717) is 0 Å². The zero-order valence-electron chi connectivity index (χ0n) is 11.4. The molecule has 1 saturated heterocycles. The number of halogens is 1. The van der Waals surface area contributed by atoms with Gasteiger partial charge in [0, 0.05) is 13.1 Å². The van der Waals surface area contributed by atoms with E-state index in [1.54, 1.807) is 0 Å². The second-order valence-corrected chi connectivity index (χ2v) is 5.32. The number of para-hydroxylation sites is 1. The highest BCUT2D eigenvalue weighted by atomic mass is 19.1. The Hall–Kier alpha value is -1.58. The van der Waals surface area contributed by atoms with Crippen LogP contribution in [-0.2, 0) is 0 Å². The van der Waals surface area contributed by atoms with E-state index in [4.69, 9.17) is 0 Å². The summed E-state index contributed by atoms with van der Waals surface area (Å²) in [6, 6.07) is 4.25. The van der Waals surface area contributed by atoms with Crippen molar-refractivity contribution in [2.24, 2.45) is 5.41 Å². The maximum atomic E-state index is 14.0. The predicted octanol–water partition coefficient (Wildman–Crippen LogP) is 3.54. The highest BCUT2D eigenvalue weighted by Gasteiger charge is 2.37. The number of carboxylic acids is 1. The molecular weight excluding hydrogens is 245 g/mol. The van der Waals surface area contributed by atoms with E-state index in [0.717, 1.165) is 32.4 Å². The fraction of sp³-hybridized carbons (Fsp3) is 0.533. The highest BCUT2D eigenvalue weighted by Crippen LogP contribution is 2.40. The first kappa shape index (κ1) is 13.8. The first-order chi connectivity index (χ1) is 9.03. The Morgan fingerprint density at radius 1 is 1.42 bits per heavy atom. The lowest BCUT2D eigenvalue weighted by Gasteiger charge is -2.28. The molecule has 0 aromatic heterocycles. The number of hydrogen-bond donors (Lipinski definition) is 1. The summed E-state index contributed by atoms with van der Waals surface area (Å²) in [5.74, 6) is -1.51. The van der Waals surface area contributed by atoms with Crippen molar-refractivity contribution in [3.05, 3.63) is 29.6 Å². The molecule has 0 spiro atoms.